The molecule has 0 aliphatic heterocycles. The van der Waals surface area contributed by atoms with Gasteiger partial charge in [-0.2, -0.15) is 0 Å². The van der Waals surface area contributed by atoms with Crippen LogP contribution in [-0.4, -0.2) is 36.3 Å². The summed E-state index contributed by atoms with van der Waals surface area (Å²) in [7, 11) is 3.95. The average Bonchev–Trinajstić information content (AvgIpc) is 2.38. The number of carbonyl (C=O) groups excluding carboxylic acids is 1. The Labute approximate surface area is 124 Å². The molecule has 1 N–H and O–H groups in total. The van der Waals surface area contributed by atoms with Crippen molar-refractivity contribution in [3.63, 3.8) is 0 Å². The number of aromatic amines is 1. The largest absolute Gasteiger partial charge is 0.352 e. The number of pyridine rings is 1. The van der Waals surface area contributed by atoms with Gasteiger partial charge in [-0.25, -0.2) is 0 Å². The van der Waals surface area contributed by atoms with E-state index in [-0.39, 0.29) is 23.6 Å². The highest BCUT2D eigenvalue weighted by atomic mass is 35.5. The first kappa shape index (κ1) is 16.4. The number of benzene rings is 1. The summed E-state index contributed by atoms with van der Waals surface area (Å²) >= 11 is 0. The molecule has 0 atom stereocenters. The van der Waals surface area contributed by atoms with Gasteiger partial charge in [-0.1, -0.05) is 12.1 Å². The van der Waals surface area contributed by atoms with Crippen LogP contribution in [0.1, 0.15) is 23.3 Å². The maximum Gasteiger partial charge on any atom is 0.190 e. The molecule has 108 valence electrons. The van der Waals surface area contributed by atoms with Gasteiger partial charge >= 0.3 is 0 Å². The van der Waals surface area contributed by atoms with Crippen molar-refractivity contribution < 1.29 is 4.79 Å². The van der Waals surface area contributed by atoms with Crippen molar-refractivity contribution in [1.82, 2.24) is 9.88 Å². The summed E-state index contributed by atoms with van der Waals surface area (Å²) in [5.41, 5.74) is 1.01. The zero-order chi connectivity index (χ0) is 13.8. The number of halogens is 1. The van der Waals surface area contributed by atoms with E-state index in [1.807, 2.05) is 37.2 Å². The van der Waals surface area contributed by atoms with E-state index < -0.39 is 0 Å². The minimum atomic E-state index is -0.106. The summed E-state index contributed by atoms with van der Waals surface area (Å²) in [5.74, 6) is -0.00953. The Morgan fingerprint density at radius 1 is 1.25 bits per heavy atom. The smallest absolute Gasteiger partial charge is 0.190 e. The lowest BCUT2D eigenvalue weighted by Gasteiger charge is -2.08. The maximum absolute atomic E-state index is 12.0. The van der Waals surface area contributed by atoms with Gasteiger partial charge in [0.15, 0.2) is 11.2 Å². The molecule has 2 aromatic rings. The normalized spacial score (nSPS) is 10.6. The van der Waals surface area contributed by atoms with Crippen LogP contribution < -0.4 is 5.43 Å². The molecule has 0 spiro atoms. The third-order valence-corrected chi connectivity index (χ3v) is 3.05. The number of aromatic nitrogens is 1. The van der Waals surface area contributed by atoms with E-state index in [0.29, 0.717) is 23.0 Å². The van der Waals surface area contributed by atoms with Crippen molar-refractivity contribution in [2.45, 2.75) is 12.8 Å². The molecule has 0 amide bonds. The van der Waals surface area contributed by atoms with E-state index in [2.05, 4.69) is 4.98 Å². The van der Waals surface area contributed by atoms with E-state index in [9.17, 15) is 9.59 Å². The molecular formula is C15H19ClN2O2. The molecule has 0 aliphatic rings. The summed E-state index contributed by atoms with van der Waals surface area (Å²) < 4.78 is 0. The topological polar surface area (TPSA) is 53.2 Å². The van der Waals surface area contributed by atoms with Crippen LogP contribution in [0.3, 0.4) is 0 Å². The Morgan fingerprint density at radius 2 is 1.95 bits per heavy atom. The Balaban J connectivity index is 0.00000200. The second-order valence-electron chi connectivity index (χ2n) is 4.92. The van der Waals surface area contributed by atoms with E-state index in [4.69, 9.17) is 0 Å². The Kier molecular flexibility index (Phi) is 5.92. The number of hydrogen-bond acceptors (Lipinski definition) is 3. The van der Waals surface area contributed by atoms with E-state index in [1.165, 1.54) is 6.07 Å². The molecule has 0 unspecified atom stereocenters. The molecule has 1 aromatic heterocycles. The zero-order valence-electron chi connectivity index (χ0n) is 11.7. The number of H-pyrrole nitrogens is 1. The van der Waals surface area contributed by atoms with Gasteiger partial charge in [0.25, 0.3) is 0 Å². The van der Waals surface area contributed by atoms with Crippen molar-refractivity contribution in [3.8, 4) is 0 Å². The molecule has 0 saturated carbocycles. The lowest BCUT2D eigenvalue weighted by atomic mass is 10.1. The Bertz CT molecular complexity index is 650. The van der Waals surface area contributed by atoms with Gasteiger partial charge in [-0.05, 0) is 39.2 Å². The van der Waals surface area contributed by atoms with Crippen LogP contribution in [0.2, 0.25) is 0 Å². The highest BCUT2D eigenvalue weighted by Gasteiger charge is 2.09. The molecule has 20 heavy (non-hydrogen) atoms. The Morgan fingerprint density at radius 3 is 2.65 bits per heavy atom. The number of para-hydroxylation sites is 1. The van der Waals surface area contributed by atoms with Gasteiger partial charge in [0, 0.05) is 23.4 Å². The first-order valence-electron chi connectivity index (χ1n) is 6.38. The molecule has 0 fully saturated rings. The van der Waals surface area contributed by atoms with Crippen molar-refractivity contribution >= 4 is 29.1 Å². The van der Waals surface area contributed by atoms with Crippen molar-refractivity contribution in [2.24, 2.45) is 0 Å². The number of nitrogens with zero attached hydrogens (tertiary/aromatic N) is 1. The fourth-order valence-corrected chi connectivity index (χ4v) is 2.04. The van der Waals surface area contributed by atoms with Gasteiger partial charge in [-0.3, -0.25) is 9.59 Å². The molecule has 0 radical (unpaired) electrons. The lowest BCUT2D eigenvalue weighted by Crippen LogP contribution is -2.15. The standard InChI is InChI=1S/C15H18N2O2.ClH/c1-17(2)9-5-8-14(18)13-10-15(19)11-6-3-4-7-12(11)16-13;/h3-4,6-7,10H,5,8-9H2,1-2H3,(H,16,19);1H. The number of rotatable bonds is 5. The molecule has 1 aromatic carbocycles. The van der Waals surface area contributed by atoms with Crippen LogP contribution in [0.4, 0.5) is 0 Å². The Hall–Kier alpha value is -1.65. The average molecular weight is 295 g/mol. The summed E-state index contributed by atoms with van der Waals surface area (Å²) in [4.78, 5) is 29.0. The predicted octanol–water partition coefficient (Wildman–Crippen LogP) is 2.47. The van der Waals surface area contributed by atoms with Gasteiger partial charge in [0.05, 0.1) is 5.69 Å². The number of nitrogens with one attached hydrogen (secondary N) is 1. The second kappa shape index (κ2) is 7.22. The van der Waals surface area contributed by atoms with Crippen LogP contribution >= 0.6 is 12.4 Å². The summed E-state index contributed by atoms with van der Waals surface area (Å²) in [6.45, 7) is 0.865. The van der Waals surface area contributed by atoms with Crippen LogP contribution in [-0.2, 0) is 0 Å². The van der Waals surface area contributed by atoms with Crippen molar-refractivity contribution in [3.05, 3.63) is 46.2 Å². The first-order valence-corrected chi connectivity index (χ1v) is 6.38. The highest BCUT2D eigenvalue weighted by molar-refractivity contribution is 5.96. The summed E-state index contributed by atoms with van der Waals surface area (Å²) in [5, 5.41) is 0.618. The van der Waals surface area contributed by atoms with Gasteiger partial charge in [0.1, 0.15) is 0 Å². The quantitative estimate of drug-likeness (QED) is 0.862. The fraction of sp³-hybridized carbons (Fsp3) is 0.333. The summed E-state index contributed by atoms with van der Waals surface area (Å²) in [6.07, 6.45) is 1.24. The van der Waals surface area contributed by atoms with Crippen molar-refractivity contribution in [2.75, 3.05) is 20.6 Å². The number of ketones is 1. The highest BCUT2D eigenvalue weighted by Crippen LogP contribution is 2.09. The molecular weight excluding hydrogens is 276 g/mol. The number of Topliss-reactive ketones (excluding diaryl/α,β-unsaturated/α-hetero) is 1. The van der Waals surface area contributed by atoms with Crippen molar-refractivity contribution in [1.29, 1.82) is 0 Å². The van der Waals surface area contributed by atoms with E-state index in [1.54, 1.807) is 6.07 Å². The van der Waals surface area contributed by atoms with Crippen LogP contribution in [0, 0.1) is 0 Å². The molecule has 5 heteroatoms. The fourth-order valence-electron chi connectivity index (χ4n) is 2.04. The second-order valence-corrected chi connectivity index (χ2v) is 4.92. The summed E-state index contributed by atoms with van der Waals surface area (Å²) in [6, 6.07) is 8.64. The molecule has 0 bridgehead atoms. The van der Waals surface area contributed by atoms with Crippen LogP contribution in [0.15, 0.2) is 35.1 Å². The van der Waals surface area contributed by atoms with E-state index in [0.717, 1.165) is 13.0 Å². The minimum absolute atomic E-state index is 0. The number of fused-ring (bicyclic) bond motifs is 1. The number of hydrogen-bond donors (Lipinski definition) is 1. The van der Waals surface area contributed by atoms with Crippen LogP contribution in [0.25, 0.3) is 10.9 Å². The van der Waals surface area contributed by atoms with E-state index >= 15 is 0 Å². The van der Waals surface area contributed by atoms with Gasteiger partial charge in [0.2, 0.25) is 0 Å². The third-order valence-electron chi connectivity index (χ3n) is 3.05. The molecule has 0 saturated heterocycles. The van der Waals surface area contributed by atoms with Gasteiger partial charge in [-0.15, -0.1) is 12.4 Å². The molecule has 4 nitrogen and oxygen atoms in total. The molecule has 2 rings (SSSR count). The predicted molar refractivity (Wildman–Crippen MR) is 83.9 cm³/mol. The van der Waals surface area contributed by atoms with Crippen LogP contribution in [0.5, 0.6) is 0 Å². The minimum Gasteiger partial charge on any atom is -0.352 e. The first-order chi connectivity index (χ1) is 9.08. The zero-order valence-corrected chi connectivity index (χ0v) is 12.5. The SMILES string of the molecule is CN(C)CCCC(=O)c1cc(=O)c2ccccc2[nH]1.Cl. The molecule has 0 aliphatic carbocycles. The lowest BCUT2D eigenvalue weighted by molar-refractivity contribution is 0.0973. The van der Waals surface area contributed by atoms with Gasteiger partial charge < -0.3 is 9.88 Å². The molecule has 1 heterocycles. The third kappa shape index (κ3) is 3.92. The maximum atomic E-state index is 12.0. The monoisotopic (exact) mass is 294 g/mol. The number of carbonyl (C=O) groups is 1.